The fraction of sp³-hybridized carbons (Fsp3) is 0.312. The SMILES string of the molecule is COCCN(Cc1cccs1)C(=O)c1cccc(Br)c1C. The van der Waals surface area contributed by atoms with E-state index in [1.54, 1.807) is 18.4 Å². The molecule has 1 heterocycles. The maximum Gasteiger partial charge on any atom is 0.254 e. The lowest BCUT2D eigenvalue weighted by Crippen LogP contribution is -2.33. The van der Waals surface area contributed by atoms with E-state index in [0.717, 1.165) is 15.6 Å². The van der Waals surface area contributed by atoms with Crippen LogP contribution >= 0.6 is 27.3 Å². The number of ether oxygens (including phenoxy) is 1. The first kappa shape index (κ1) is 16.2. The first-order valence-corrected chi connectivity index (χ1v) is 8.36. The fourth-order valence-corrected chi connectivity index (χ4v) is 3.14. The molecule has 1 aromatic carbocycles. The molecule has 1 aromatic heterocycles. The van der Waals surface area contributed by atoms with E-state index in [0.29, 0.717) is 19.7 Å². The lowest BCUT2D eigenvalue weighted by molar-refractivity contribution is 0.0681. The zero-order valence-corrected chi connectivity index (χ0v) is 14.5. The predicted octanol–water partition coefficient (Wildman–Crippen LogP) is 4.11. The summed E-state index contributed by atoms with van der Waals surface area (Å²) in [5.74, 6) is 0.0410. The molecular weight excluding hydrogens is 350 g/mol. The number of nitrogens with zero attached hydrogens (tertiary/aromatic N) is 1. The lowest BCUT2D eigenvalue weighted by atomic mass is 10.1. The minimum atomic E-state index is 0.0410. The van der Waals surface area contributed by atoms with Crippen LogP contribution in [0.5, 0.6) is 0 Å². The number of carbonyl (C=O) groups is 1. The highest BCUT2D eigenvalue weighted by Crippen LogP contribution is 2.22. The van der Waals surface area contributed by atoms with Crippen LogP contribution in [0.3, 0.4) is 0 Å². The average molecular weight is 368 g/mol. The fourth-order valence-electron chi connectivity index (χ4n) is 2.05. The molecule has 0 bridgehead atoms. The van der Waals surface area contributed by atoms with Crippen molar-refractivity contribution in [1.29, 1.82) is 0 Å². The summed E-state index contributed by atoms with van der Waals surface area (Å²) in [6.07, 6.45) is 0. The Morgan fingerprint density at radius 1 is 1.33 bits per heavy atom. The van der Waals surface area contributed by atoms with Gasteiger partial charge in [-0.15, -0.1) is 11.3 Å². The smallest absolute Gasteiger partial charge is 0.254 e. The van der Waals surface area contributed by atoms with Gasteiger partial charge in [0.05, 0.1) is 13.2 Å². The van der Waals surface area contributed by atoms with E-state index in [-0.39, 0.29) is 5.91 Å². The molecule has 3 nitrogen and oxygen atoms in total. The molecular formula is C16H18BrNO2S. The molecule has 112 valence electrons. The molecule has 1 amide bonds. The third-order valence-corrected chi connectivity index (χ3v) is 5.00. The van der Waals surface area contributed by atoms with Gasteiger partial charge < -0.3 is 9.64 Å². The van der Waals surface area contributed by atoms with Crippen LogP contribution in [0.2, 0.25) is 0 Å². The topological polar surface area (TPSA) is 29.5 Å². The van der Waals surface area contributed by atoms with Gasteiger partial charge in [-0.05, 0) is 36.1 Å². The summed E-state index contributed by atoms with van der Waals surface area (Å²) < 4.78 is 6.09. The third kappa shape index (κ3) is 4.15. The van der Waals surface area contributed by atoms with Crippen molar-refractivity contribution in [2.24, 2.45) is 0 Å². The highest BCUT2D eigenvalue weighted by Gasteiger charge is 2.19. The van der Waals surface area contributed by atoms with Gasteiger partial charge in [-0.25, -0.2) is 0 Å². The predicted molar refractivity (Wildman–Crippen MR) is 89.8 cm³/mol. The van der Waals surface area contributed by atoms with Gasteiger partial charge in [0.2, 0.25) is 0 Å². The number of hydrogen-bond acceptors (Lipinski definition) is 3. The summed E-state index contributed by atoms with van der Waals surface area (Å²) in [7, 11) is 1.65. The van der Waals surface area contributed by atoms with Gasteiger partial charge in [0.15, 0.2) is 0 Å². The first-order valence-electron chi connectivity index (χ1n) is 6.69. The number of hydrogen-bond donors (Lipinski definition) is 0. The van der Waals surface area contributed by atoms with Crippen molar-refractivity contribution in [3.63, 3.8) is 0 Å². The summed E-state index contributed by atoms with van der Waals surface area (Å²) in [6, 6.07) is 9.76. The number of carbonyl (C=O) groups excluding carboxylic acids is 1. The zero-order valence-electron chi connectivity index (χ0n) is 12.1. The van der Waals surface area contributed by atoms with Crippen LogP contribution in [0, 0.1) is 6.92 Å². The molecule has 0 aliphatic heterocycles. The van der Waals surface area contributed by atoms with Gasteiger partial charge in [-0.2, -0.15) is 0 Å². The summed E-state index contributed by atoms with van der Waals surface area (Å²) in [5.41, 5.74) is 1.70. The Morgan fingerprint density at radius 2 is 2.14 bits per heavy atom. The molecule has 0 N–H and O–H groups in total. The van der Waals surface area contributed by atoms with Crippen molar-refractivity contribution in [3.8, 4) is 0 Å². The third-order valence-electron chi connectivity index (χ3n) is 3.28. The zero-order chi connectivity index (χ0) is 15.2. The quantitative estimate of drug-likeness (QED) is 0.768. The molecule has 0 fully saturated rings. The van der Waals surface area contributed by atoms with E-state index in [2.05, 4.69) is 15.9 Å². The Kier molecular flexibility index (Phi) is 5.96. The molecule has 2 rings (SSSR count). The molecule has 0 aliphatic carbocycles. The van der Waals surface area contributed by atoms with E-state index in [9.17, 15) is 4.79 Å². The van der Waals surface area contributed by atoms with Gasteiger partial charge in [-0.3, -0.25) is 4.79 Å². The maximum atomic E-state index is 12.8. The number of methoxy groups -OCH3 is 1. The monoisotopic (exact) mass is 367 g/mol. The molecule has 5 heteroatoms. The van der Waals surface area contributed by atoms with Crippen molar-refractivity contribution in [3.05, 3.63) is 56.2 Å². The highest BCUT2D eigenvalue weighted by molar-refractivity contribution is 9.10. The van der Waals surface area contributed by atoms with Crippen molar-refractivity contribution in [2.75, 3.05) is 20.3 Å². The van der Waals surface area contributed by atoms with E-state index in [4.69, 9.17) is 4.74 Å². The Bertz CT molecular complexity index is 598. The average Bonchev–Trinajstić information content (AvgIpc) is 2.98. The summed E-state index contributed by atoms with van der Waals surface area (Å²) in [6.45, 7) is 3.69. The summed E-state index contributed by atoms with van der Waals surface area (Å²) in [5, 5.41) is 2.03. The van der Waals surface area contributed by atoms with Crippen LogP contribution < -0.4 is 0 Å². The van der Waals surface area contributed by atoms with Gasteiger partial charge in [0.25, 0.3) is 5.91 Å². The van der Waals surface area contributed by atoms with Crippen molar-refractivity contribution in [2.45, 2.75) is 13.5 Å². The minimum Gasteiger partial charge on any atom is -0.383 e. The molecule has 0 aliphatic rings. The molecule has 2 aromatic rings. The molecule has 0 radical (unpaired) electrons. The van der Waals surface area contributed by atoms with Crippen molar-refractivity contribution >= 4 is 33.2 Å². The van der Waals surface area contributed by atoms with Crippen molar-refractivity contribution in [1.82, 2.24) is 4.90 Å². The van der Waals surface area contributed by atoms with E-state index >= 15 is 0 Å². The summed E-state index contributed by atoms with van der Waals surface area (Å²) in [4.78, 5) is 15.8. The summed E-state index contributed by atoms with van der Waals surface area (Å²) >= 11 is 5.14. The minimum absolute atomic E-state index is 0.0410. The maximum absolute atomic E-state index is 12.8. The number of rotatable bonds is 6. The second-order valence-corrected chi connectivity index (χ2v) is 6.60. The Hall–Kier alpha value is -1.17. The molecule has 0 saturated heterocycles. The Balaban J connectivity index is 2.22. The van der Waals surface area contributed by atoms with Gasteiger partial charge in [0, 0.05) is 28.6 Å². The Morgan fingerprint density at radius 3 is 2.81 bits per heavy atom. The molecule has 0 atom stereocenters. The van der Waals surface area contributed by atoms with Crippen LogP contribution in [-0.4, -0.2) is 31.1 Å². The normalized spacial score (nSPS) is 10.6. The van der Waals surface area contributed by atoms with Gasteiger partial charge in [0.1, 0.15) is 0 Å². The number of thiophene rings is 1. The number of benzene rings is 1. The second kappa shape index (κ2) is 7.73. The Labute approximate surface area is 137 Å². The molecule has 21 heavy (non-hydrogen) atoms. The first-order chi connectivity index (χ1) is 10.1. The van der Waals surface area contributed by atoms with Crippen molar-refractivity contribution < 1.29 is 9.53 Å². The van der Waals surface area contributed by atoms with Crippen LogP contribution in [0.25, 0.3) is 0 Å². The number of amides is 1. The molecule has 0 spiro atoms. The van der Waals surface area contributed by atoms with Crippen LogP contribution in [-0.2, 0) is 11.3 Å². The van der Waals surface area contributed by atoms with Gasteiger partial charge >= 0.3 is 0 Å². The van der Waals surface area contributed by atoms with Crippen LogP contribution in [0.1, 0.15) is 20.8 Å². The molecule has 0 saturated carbocycles. The number of halogens is 1. The lowest BCUT2D eigenvalue weighted by Gasteiger charge is -2.23. The second-order valence-electron chi connectivity index (χ2n) is 4.71. The highest BCUT2D eigenvalue weighted by atomic mass is 79.9. The van der Waals surface area contributed by atoms with Gasteiger partial charge in [-0.1, -0.05) is 28.1 Å². The largest absolute Gasteiger partial charge is 0.383 e. The standard InChI is InChI=1S/C16H18BrNO2S/c1-12-14(6-3-7-15(12)17)16(19)18(8-9-20-2)11-13-5-4-10-21-13/h3-7,10H,8-9,11H2,1-2H3. The van der Waals surface area contributed by atoms with E-state index in [1.165, 1.54) is 4.88 Å². The van der Waals surface area contributed by atoms with E-state index < -0.39 is 0 Å². The molecule has 0 unspecified atom stereocenters. The van der Waals surface area contributed by atoms with Crippen LogP contribution in [0.15, 0.2) is 40.2 Å². The van der Waals surface area contributed by atoms with Crippen LogP contribution in [0.4, 0.5) is 0 Å². The van der Waals surface area contributed by atoms with E-state index in [1.807, 2.05) is 47.5 Å².